The molecule has 1 rings (SSSR count). The molecule has 0 radical (unpaired) electrons. The Balaban J connectivity index is 2.61. The maximum absolute atomic E-state index is 11.8. The second-order valence-electron chi connectivity index (χ2n) is 5.94. The molecule has 1 aliphatic rings. The number of likely N-dealkylation sites (tertiary alicyclic amines) is 1. The highest BCUT2D eigenvalue weighted by atomic mass is 16.6. The van der Waals surface area contributed by atoms with Crippen molar-refractivity contribution in [1.29, 1.82) is 0 Å². The Hall–Kier alpha value is -1.52. The monoisotopic (exact) mass is 269 g/mol. The van der Waals surface area contributed by atoms with E-state index in [9.17, 15) is 9.59 Å². The Morgan fingerprint density at radius 1 is 1.37 bits per heavy atom. The van der Waals surface area contributed by atoms with Crippen molar-refractivity contribution < 1.29 is 19.1 Å². The molecular weight excluding hydrogens is 246 g/mol. The van der Waals surface area contributed by atoms with E-state index in [0.29, 0.717) is 19.5 Å². The van der Waals surface area contributed by atoms with Crippen LogP contribution in [0.2, 0.25) is 0 Å². The Kier molecular flexibility index (Phi) is 4.61. The van der Waals surface area contributed by atoms with Gasteiger partial charge in [0, 0.05) is 13.1 Å². The standard InChI is InChI=1S/C14H23NO4/c1-6-7-8-14(11(16)18-5)9-15(10-14)12(17)19-13(2,3)4/h6H,1,7-10H2,2-5H3. The highest BCUT2D eigenvalue weighted by Gasteiger charge is 2.52. The van der Waals surface area contributed by atoms with Crippen molar-refractivity contribution in [1.82, 2.24) is 4.90 Å². The van der Waals surface area contributed by atoms with Gasteiger partial charge in [-0.1, -0.05) is 6.08 Å². The summed E-state index contributed by atoms with van der Waals surface area (Å²) in [5.74, 6) is -0.269. The molecule has 0 aromatic carbocycles. The predicted molar refractivity (Wildman–Crippen MR) is 71.7 cm³/mol. The number of hydrogen-bond donors (Lipinski definition) is 0. The van der Waals surface area contributed by atoms with Crippen LogP contribution >= 0.6 is 0 Å². The molecule has 1 fully saturated rings. The van der Waals surface area contributed by atoms with E-state index in [0.717, 1.165) is 6.42 Å². The van der Waals surface area contributed by atoms with Crippen molar-refractivity contribution in [2.75, 3.05) is 20.2 Å². The number of rotatable bonds is 4. The van der Waals surface area contributed by atoms with Crippen molar-refractivity contribution in [3.8, 4) is 0 Å². The lowest BCUT2D eigenvalue weighted by Crippen LogP contribution is -2.63. The van der Waals surface area contributed by atoms with Gasteiger partial charge in [-0.05, 0) is 33.6 Å². The van der Waals surface area contributed by atoms with Gasteiger partial charge in [0.05, 0.1) is 7.11 Å². The molecule has 1 amide bonds. The maximum Gasteiger partial charge on any atom is 0.410 e. The first kappa shape index (κ1) is 15.5. The first-order valence-corrected chi connectivity index (χ1v) is 6.41. The Labute approximate surface area is 114 Å². The van der Waals surface area contributed by atoms with Gasteiger partial charge in [-0.3, -0.25) is 4.79 Å². The largest absolute Gasteiger partial charge is 0.468 e. The van der Waals surface area contributed by atoms with Crippen molar-refractivity contribution in [2.24, 2.45) is 5.41 Å². The predicted octanol–water partition coefficient (Wildman–Crippen LogP) is 2.36. The minimum Gasteiger partial charge on any atom is -0.468 e. The SMILES string of the molecule is C=CCCC1(C(=O)OC)CN(C(=O)OC(C)(C)C)C1. The summed E-state index contributed by atoms with van der Waals surface area (Å²) in [6, 6.07) is 0. The van der Waals surface area contributed by atoms with Gasteiger partial charge in [-0.25, -0.2) is 4.79 Å². The van der Waals surface area contributed by atoms with Crippen LogP contribution in [0.3, 0.4) is 0 Å². The van der Waals surface area contributed by atoms with E-state index in [1.165, 1.54) is 12.0 Å². The molecule has 19 heavy (non-hydrogen) atoms. The van der Waals surface area contributed by atoms with Crippen LogP contribution < -0.4 is 0 Å². The van der Waals surface area contributed by atoms with Crippen LogP contribution in [0.25, 0.3) is 0 Å². The van der Waals surface area contributed by atoms with Crippen molar-refractivity contribution in [3.63, 3.8) is 0 Å². The third-order valence-electron chi connectivity index (χ3n) is 3.08. The van der Waals surface area contributed by atoms with E-state index in [2.05, 4.69) is 6.58 Å². The molecule has 0 aromatic heterocycles. The van der Waals surface area contributed by atoms with E-state index in [1.54, 1.807) is 6.08 Å². The number of carbonyl (C=O) groups excluding carboxylic acids is 2. The molecule has 1 saturated heterocycles. The van der Waals surface area contributed by atoms with Crippen LogP contribution in [0.5, 0.6) is 0 Å². The van der Waals surface area contributed by atoms with Gasteiger partial charge < -0.3 is 14.4 Å². The van der Waals surface area contributed by atoms with Crippen LogP contribution in [0.4, 0.5) is 4.79 Å². The topological polar surface area (TPSA) is 55.8 Å². The first-order chi connectivity index (χ1) is 8.74. The molecule has 0 unspecified atom stereocenters. The summed E-state index contributed by atoms with van der Waals surface area (Å²) in [4.78, 5) is 25.2. The van der Waals surface area contributed by atoms with Crippen LogP contribution in [-0.2, 0) is 14.3 Å². The molecule has 1 aliphatic heterocycles. The van der Waals surface area contributed by atoms with Gasteiger partial charge in [-0.15, -0.1) is 6.58 Å². The van der Waals surface area contributed by atoms with Gasteiger partial charge >= 0.3 is 12.1 Å². The summed E-state index contributed by atoms with van der Waals surface area (Å²) in [6.07, 6.45) is 2.74. The normalized spacial score (nSPS) is 17.4. The van der Waals surface area contributed by atoms with Crippen LogP contribution in [0, 0.1) is 5.41 Å². The van der Waals surface area contributed by atoms with Gasteiger partial charge in [0.15, 0.2) is 0 Å². The molecule has 108 valence electrons. The van der Waals surface area contributed by atoms with E-state index < -0.39 is 11.0 Å². The number of ether oxygens (including phenoxy) is 2. The molecule has 0 saturated carbocycles. The fourth-order valence-electron chi connectivity index (χ4n) is 2.12. The fourth-order valence-corrected chi connectivity index (χ4v) is 2.12. The number of amides is 1. The van der Waals surface area contributed by atoms with Gasteiger partial charge in [0.1, 0.15) is 11.0 Å². The summed E-state index contributed by atoms with van der Waals surface area (Å²) < 4.78 is 10.1. The lowest BCUT2D eigenvalue weighted by Gasteiger charge is -2.47. The lowest BCUT2D eigenvalue weighted by molar-refractivity contribution is -0.163. The molecule has 0 atom stereocenters. The van der Waals surface area contributed by atoms with Gasteiger partial charge in [-0.2, -0.15) is 0 Å². The van der Waals surface area contributed by atoms with Crippen molar-refractivity contribution in [3.05, 3.63) is 12.7 Å². The molecule has 0 spiro atoms. The maximum atomic E-state index is 11.8. The van der Waals surface area contributed by atoms with E-state index in [1.807, 2.05) is 20.8 Å². The van der Waals surface area contributed by atoms with E-state index >= 15 is 0 Å². The zero-order chi connectivity index (χ0) is 14.7. The highest BCUT2D eigenvalue weighted by molar-refractivity contribution is 5.82. The van der Waals surface area contributed by atoms with Gasteiger partial charge in [0.2, 0.25) is 0 Å². The summed E-state index contributed by atoms with van der Waals surface area (Å²) in [6.45, 7) is 9.80. The lowest BCUT2D eigenvalue weighted by atomic mass is 9.76. The van der Waals surface area contributed by atoms with Crippen LogP contribution in [0.1, 0.15) is 33.6 Å². The molecule has 0 bridgehead atoms. The zero-order valence-corrected chi connectivity index (χ0v) is 12.2. The minimum absolute atomic E-state index is 0.269. The fraction of sp³-hybridized carbons (Fsp3) is 0.714. The molecule has 5 heteroatoms. The molecule has 5 nitrogen and oxygen atoms in total. The third kappa shape index (κ3) is 3.72. The quantitative estimate of drug-likeness (QED) is 0.580. The average molecular weight is 269 g/mol. The van der Waals surface area contributed by atoms with Crippen LogP contribution in [-0.4, -0.2) is 42.8 Å². The molecule has 0 N–H and O–H groups in total. The summed E-state index contributed by atoms with van der Waals surface area (Å²) in [5.41, 5.74) is -1.12. The Morgan fingerprint density at radius 3 is 2.37 bits per heavy atom. The number of esters is 1. The van der Waals surface area contributed by atoms with Crippen molar-refractivity contribution in [2.45, 2.75) is 39.2 Å². The number of hydrogen-bond acceptors (Lipinski definition) is 4. The highest BCUT2D eigenvalue weighted by Crippen LogP contribution is 2.37. The van der Waals surface area contributed by atoms with Gasteiger partial charge in [0.25, 0.3) is 0 Å². The first-order valence-electron chi connectivity index (χ1n) is 6.41. The summed E-state index contributed by atoms with van der Waals surface area (Å²) in [7, 11) is 1.37. The molecule has 0 aromatic rings. The summed E-state index contributed by atoms with van der Waals surface area (Å²) in [5, 5.41) is 0. The zero-order valence-electron chi connectivity index (χ0n) is 12.2. The Bertz CT molecular complexity index is 364. The van der Waals surface area contributed by atoms with Crippen molar-refractivity contribution >= 4 is 12.1 Å². The number of carbonyl (C=O) groups is 2. The molecule has 0 aliphatic carbocycles. The number of allylic oxidation sites excluding steroid dienone is 1. The number of methoxy groups -OCH3 is 1. The smallest absolute Gasteiger partial charge is 0.410 e. The van der Waals surface area contributed by atoms with Crippen LogP contribution in [0.15, 0.2) is 12.7 Å². The number of nitrogens with zero attached hydrogens (tertiary/aromatic N) is 1. The Morgan fingerprint density at radius 2 is 1.95 bits per heavy atom. The summed E-state index contributed by atoms with van der Waals surface area (Å²) >= 11 is 0. The molecule has 1 heterocycles. The second kappa shape index (κ2) is 5.63. The third-order valence-corrected chi connectivity index (χ3v) is 3.08. The van der Waals surface area contributed by atoms with E-state index in [4.69, 9.17) is 9.47 Å². The average Bonchev–Trinajstić information content (AvgIpc) is 2.24. The second-order valence-corrected chi connectivity index (χ2v) is 5.94. The van der Waals surface area contributed by atoms with E-state index in [-0.39, 0.29) is 12.1 Å². The minimum atomic E-state index is -0.597. The molecular formula is C14H23NO4.